The molecule has 0 radical (unpaired) electrons. The van der Waals surface area contributed by atoms with Crippen molar-refractivity contribution in [2.24, 2.45) is 0 Å². The number of nitrogens with two attached hydrogens (primary N) is 1. The summed E-state index contributed by atoms with van der Waals surface area (Å²) in [5.41, 5.74) is 6.00. The van der Waals surface area contributed by atoms with E-state index >= 15 is 0 Å². The van der Waals surface area contributed by atoms with Crippen molar-refractivity contribution >= 4 is 22.4 Å². The highest BCUT2D eigenvalue weighted by Crippen LogP contribution is 2.03. The third-order valence-corrected chi connectivity index (χ3v) is 3.44. The maximum atomic E-state index is 11.1. The maximum absolute atomic E-state index is 11.1. The predicted octanol–water partition coefficient (Wildman–Crippen LogP) is 0.628. The lowest BCUT2D eigenvalue weighted by Gasteiger charge is -2.08. The predicted molar refractivity (Wildman–Crippen MR) is 63.1 cm³/mol. The number of hydrogen-bond acceptors (Lipinski definition) is 5. The molecule has 0 saturated carbocycles. The topological polar surface area (TPSA) is 80.9 Å². The molecule has 0 bridgehead atoms. The molecule has 15 heavy (non-hydrogen) atoms. The molecule has 0 aliphatic rings. The van der Waals surface area contributed by atoms with Gasteiger partial charge in [0, 0.05) is 28.9 Å². The minimum atomic E-state index is -0.773. The van der Waals surface area contributed by atoms with Crippen LogP contribution in [-0.4, -0.2) is 32.2 Å². The zero-order chi connectivity index (χ0) is 11.3. The summed E-state index contributed by atoms with van der Waals surface area (Å²) in [4.78, 5) is 7.99. The first kappa shape index (κ1) is 11.9. The number of aromatic nitrogens is 2. The molecule has 0 saturated heterocycles. The van der Waals surface area contributed by atoms with Crippen LogP contribution in [-0.2, 0) is 10.8 Å². The first-order valence-electron chi connectivity index (χ1n) is 4.73. The molecule has 0 aromatic carbocycles. The zero-order valence-electron chi connectivity index (χ0n) is 8.93. The highest BCUT2D eigenvalue weighted by atomic mass is 32.2. The smallest absolute Gasteiger partial charge is 0.222 e. The minimum Gasteiger partial charge on any atom is -0.396 e. The molecule has 5 nitrogen and oxygen atoms in total. The van der Waals surface area contributed by atoms with Gasteiger partial charge in [0.2, 0.25) is 5.95 Å². The fourth-order valence-corrected chi connectivity index (χ4v) is 1.43. The first-order chi connectivity index (χ1) is 7.09. The van der Waals surface area contributed by atoms with Gasteiger partial charge in [-0.05, 0) is 6.42 Å². The molecule has 1 rings (SSSR count). The number of rotatable bonds is 5. The van der Waals surface area contributed by atoms with Crippen LogP contribution in [0.15, 0.2) is 12.4 Å². The summed E-state index contributed by atoms with van der Waals surface area (Å²) < 4.78 is 11.1. The summed E-state index contributed by atoms with van der Waals surface area (Å²) in [5.74, 6) is 0.554. The van der Waals surface area contributed by atoms with Gasteiger partial charge in [-0.3, -0.25) is 4.21 Å². The van der Waals surface area contributed by atoms with E-state index in [-0.39, 0.29) is 5.25 Å². The lowest BCUT2D eigenvalue weighted by Crippen LogP contribution is -2.15. The van der Waals surface area contributed by atoms with E-state index in [1.807, 2.05) is 6.92 Å². The average molecular weight is 228 g/mol. The Balaban J connectivity index is 2.32. The Kier molecular flexibility index (Phi) is 4.48. The Hall–Kier alpha value is -1.17. The number of nitrogens with zero attached hydrogens (tertiary/aromatic N) is 2. The second kappa shape index (κ2) is 5.65. The van der Waals surface area contributed by atoms with E-state index in [0.717, 1.165) is 6.42 Å². The van der Waals surface area contributed by atoms with Gasteiger partial charge in [0.25, 0.3) is 0 Å². The van der Waals surface area contributed by atoms with E-state index in [1.165, 1.54) is 0 Å². The highest BCUT2D eigenvalue weighted by Gasteiger charge is 2.05. The van der Waals surface area contributed by atoms with Crippen LogP contribution in [0.1, 0.15) is 13.3 Å². The highest BCUT2D eigenvalue weighted by molar-refractivity contribution is 7.84. The molecule has 1 heterocycles. The monoisotopic (exact) mass is 228 g/mol. The lowest BCUT2D eigenvalue weighted by molar-refractivity contribution is 0.672. The van der Waals surface area contributed by atoms with E-state index in [2.05, 4.69) is 15.3 Å². The molecule has 0 spiro atoms. The SMILES string of the molecule is CC(CCNc1ncc(N)cn1)S(C)=O. The number of anilines is 2. The van der Waals surface area contributed by atoms with Crippen molar-refractivity contribution in [1.82, 2.24) is 9.97 Å². The maximum Gasteiger partial charge on any atom is 0.222 e. The van der Waals surface area contributed by atoms with Crippen molar-refractivity contribution in [1.29, 1.82) is 0 Å². The van der Waals surface area contributed by atoms with Crippen molar-refractivity contribution < 1.29 is 4.21 Å². The van der Waals surface area contributed by atoms with Crippen molar-refractivity contribution in [2.75, 3.05) is 23.9 Å². The summed E-state index contributed by atoms with van der Waals surface area (Å²) in [7, 11) is -0.773. The molecule has 1 aromatic rings. The third-order valence-electron chi connectivity index (χ3n) is 2.07. The van der Waals surface area contributed by atoms with Crippen LogP contribution in [0.3, 0.4) is 0 Å². The Morgan fingerprint density at radius 3 is 2.67 bits per heavy atom. The van der Waals surface area contributed by atoms with Crippen LogP contribution >= 0.6 is 0 Å². The second-order valence-corrected chi connectivity index (χ2v) is 5.17. The van der Waals surface area contributed by atoms with Crippen molar-refractivity contribution in [2.45, 2.75) is 18.6 Å². The van der Waals surface area contributed by atoms with Crippen LogP contribution in [0.25, 0.3) is 0 Å². The summed E-state index contributed by atoms with van der Waals surface area (Å²) in [5, 5.41) is 3.23. The van der Waals surface area contributed by atoms with Gasteiger partial charge in [-0.25, -0.2) is 9.97 Å². The number of nitrogen functional groups attached to an aromatic ring is 1. The minimum absolute atomic E-state index is 0.186. The summed E-state index contributed by atoms with van der Waals surface area (Å²) in [6.07, 6.45) is 5.65. The van der Waals surface area contributed by atoms with Gasteiger partial charge in [-0.2, -0.15) is 0 Å². The van der Waals surface area contributed by atoms with Crippen LogP contribution < -0.4 is 11.1 Å². The van der Waals surface area contributed by atoms with Crippen molar-refractivity contribution in [3.8, 4) is 0 Å². The standard InChI is InChI=1S/C9H16N4OS/c1-7(15(2)14)3-4-11-9-12-5-8(10)6-13-9/h5-7H,3-4,10H2,1-2H3,(H,11,12,13). The zero-order valence-corrected chi connectivity index (χ0v) is 9.75. The number of nitrogens with one attached hydrogen (secondary N) is 1. The Bertz CT molecular complexity index is 327. The Morgan fingerprint density at radius 1 is 1.53 bits per heavy atom. The molecule has 2 unspecified atom stereocenters. The number of hydrogen-bond donors (Lipinski definition) is 2. The van der Waals surface area contributed by atoms with Crippen molar-refractivity contribution in [3.05, 3.63) is 12.4 Å². The quantitative estimate of drug-likeness (QED) is 0.772. The van der Waals surface area contributed by atoms with Gasteiger partial charge >= 0.3 is 0 Å². The average Bonchev–Trinajstić information content (AvgIpc) is 2.20. The second-order valence-electron chi connectivity index (χ2n) is 3.36. The van der Waals surface area contributed by atoms with Crippen LogP contribution in [0.2, 0.25) is 0 Å². The Morgan fingerprint density at radius 2 is 2.13 bits per heavy atom. The third kappa shape index (κ3) is 4.24. The first-order valence-corrected chi connectivity index (χ1v) is 6.35. The van der Waals surface area contributed by atoms with Crippen LogP contribution in [0.4, 0.5) is 11.6 Å². The normalized spacial score (nSPS) is 14.5. The largest absolute Gasteiger partial charge is 0.396 e. The Labute approximate surface area is 92.0 Å². The molecule has 6 heteroatoms. The molecule has 84 valence electrons. The fraction of sp³-hybridized carbons (Fsp3) is 0.556. The van der Waals surface area contributed by atoms with E-state index in [9.17, 15) is 4.21 Å². The van der Waals surface area contributed by atoms with Gasteiger partial charge in [0.1, 0.15) is 0 Å². The molecular weight excluding hydrogens is 212 g/mol. The molecule has 1 aromatic heterocycles. The van der Waals surface area contributed by atoms with Gasteiger partial charge in [-0.15, -0.1) is 0 Å². The molecule has 0 amide bonds. The van der Waals surface area contributed by atoms with Crippen LogP contribution in [0.5, 0.6) is 0 Å². The van der Waals surface area contributed by atoms with Crippen molar-refractivity contribution in [3.63, 3.8) is 0 Å². The van der Waals surface area contributed by atoms with E-state index in [1.54, 1.807) is 18.6 Å². The molecular formula is C9H16N4OS. The molecule has 3 N–H and O–H groups in total. The molecule has 0 fully saturated rings. The van der Waals surface area contributed by atoms with Gasteiger partial charge in [0.05, 0.1) is 18.1 Å². The van der Waals surface area contributed by atoms with E-state index in [4.69, 9.17) is 5.73 Å². The molecule has 2 atom stereocenters. The summed E-state index contributed by atoms with van der Waals surface area (Å²) >= 11 is 0. The van der Waals surface area contributed by atoms with E-state index in [0.29, 0.717) is 18.2 Å². The van der Waals surface area contributed by atoms with E-state index < -0.39 is 10.8 Å². The fourth-order valence-electron chi connectivity index (χ4n) is 0.983. The molecule has 0 aliphatic heterocycles. The summed E-state index contributed by atoms with van der Waals surface area (Å²) in [6.45, 7) is 2.67. The van der Waals surface area contributed by atoms with Gasteiger partial charge in [0.15, 0.2) is 0 Å². The van der Waals surface area contributed by atoms with Gasteiger partial charge in [-0.1, -0.05) is 6.92 Å². The van der Waals surface area contributed by atoms with Crippen LogP contribution in [0, 0.1) is 0 Å². The summed E-state index contributed by atoms with van der Waals surface area (Å²) in [6, 6.07) is 0. The molecule has 0 aliphatic carbocycles. The van der Waals surface area contributed by atoms with Gasteiger partial charge < -0.3 is 11.1 Å². The lowest BCUT2D eigenvalue weighted by atomic mass is 10.3.